The number of allylic oxidation sites excluding steroid dienone is 4. The number of rotatable bonds is 4. The van der Waals surface area contributed by atoms with Crippen molar-refractivity contribution in [3.05, 3.63) is 52.6 Å². The van der Waals surface area contributed by atoms with Gasteiger partial charge in [0.05, 0.1) is 0 Å². The molecule has 1 aromatic rings. The standard InChI is InChI=1S/C19H24/c1-2-3-12-18-17-13-8-7-11-16(17)14-19(18)15-9-5-4-6-10-15/h4-6,9-10H,2-3,7-8,11-14H2,1H3. The Balaban J connectivity index is 1.95. The van der Waals surface area contributed by atoms with Crippen molar-refractivity contribution in [3.63, 3.8) is 0 Å². The third kappa shape index (κ3) is 2.54. The Bertz CT molecular complexity index is 502. The van der Waals surface area contributed by atoms with E-state index in [0.717, 1.165) is 0 Å². The topological polar surface area (TPSA) is 0 Å². The first-order valence-electron chi connectivity index (χ1n) is 7.89. The van der Waals surface area contributed by atoms with Crippen LogP contribution in [0.4, 0.5) is 0 Å². The summed E-state index contributed by atoms with van der Waals surface area (Å²) >= 11 is 0. The van der Waals surface area contributed by atoms with Gasteiger partial charge in [-0.15, -0.1) is 0 Å². The maximum atomic E-state index is 2.30. The molecule has 0 N–H and O–H groups in total. The minimum atomic E-state index is 1.23. The molecule has 0 saturated carbocycles. The summed E-state index contributed by atoms with van der Waals surface area (Å²) < 4.78 is 0. The van der Waals surface area contributed by atoms with Crippen LogP contribution in [0.5, 0.6) is 0 Å². The van der Waals surface area contributed by atoms with Crippen LogP contribution in [0.1, 0.15) is 63.9 Å². The van der Waals surface area contributed by atoms with Crippen LogP contribution in [0.2, 0.25) is 0 Å². The van der Waals surface area contributed by atoms with Crippen LogP contribution >= 0.6 is 0 Å². The lowest BCUT2D eigenvalue weighted by Crippen LogP contribution is -1.97. The summed E-state index contributed by atoms with van der Waals surface area (Å²) in [5.74, 6) is 0. The Labute approximate surface area is 117 Å². The monoisotopic (exact) mass is 252 g/mol. The van der Waals surface area contributed by atoms with E-state index in [1.165, 1.54) is 56.9 Å². The molecule has 0 saturated heterocycles. The van der Waals surface area contributed by atoms with Crippen molar-refractivity contribution in [3.8, 4) is 0 Å². The molecule has 0 aromatic heterocycles. The number of benzene rings is 1. The number of unbranched alkanes of at least 4 members (excludes halogenated alkanes) is 1. The summed E-state index contributed by atoms with van der Waals surface area (Å²) in [4.78, 5) is 0. The molecule has 2 aliphatic carbocycles. The first-order valence-corrected chi connectivity index (χ1v) is 7.89. The highest BCUT2D eigenvalue weighted by atomic mass is 14.3. The van der Waals surface area contributed by atoms with Crippen LogP contribution in [0, 0.1) is 0 Å². The summed E-state index contributed by atoms with van der Waals surface area (Å²) in [7, 11) is 0. The first-order chi connectivity index (χ1) is 9.40. The molecule has 0 fully saturated rings. The molecule has 3 rings (SSSR count). The van der Waals surface area contributed by atoms with Crippen LogP contribution in [-0.4, -0.2) is 0 Å². The van der Waals surface area contributed by atoms with E-state index in [9.17, 15) is 0 Å². The smallest absolute Gasteiger partial charge is 0.00524 e. The van der Waals surface area contributed by atoms with Crippen molar-refractivity contribution < 1.29 is 0 Å². The van der Waals surface area contributed by atoms with Crippen molar-refractivity contribution in [1.29, 1.82) is 0 Å². The SMILES string of the molecule is CCCCC1=C(c2ccccc2)CC2=C1CCCC2. The fraction of sp³-hybridized carbons (Fsp3) is 0.474. The third-order valence-corrected chi connectivity index (χ3v) is 4.60. The van der Waals surface area contributed by atoms with E-state index in [-0.39, 0.29) is 0 Å². The van der Waals surface area contributed by atoms with E-state index >= 15 is 0 Å². The zero-order valence-corrected chi connectivity index (χ0v) is 12.0. The number of hydrogen-bond donors (Lipinski definition) is 0. The summed E-state index contributed by atoms with van der Waals surface area (Å²) in [6.45, 7) is 2.30. The molecule has 0 amide bonds. The molecule has 0 unspecified atom stereocenters. The minimum Gasteiger partial charge on any atom is -0.0654 e. The quantitative estimate of drug-likeness (QED) is 0.625. The molecule has 0 bridgehead atoms. The van der Waals surface area contributed by atoms with Crippen LogP contribution in [0.25, 0.3) is 5.57 Å². The van der Waals surface area contributed by atoms with Gasteiger partial charge in [0.2, 0.25) is 0 Å². The Morgan fingerprint density at radius 2 is 1.74 bits per heavy atom. The van der Waals surface area contributed by atoms with E-state index in [1.54, 1.807) is 22.3 Å². The van der Waals surface area contributed by atoms with Crippen LogP contribution in [0.15, 0.2) is 47.1 Å². The highest BCUT2D eigenvalue weighted by Crippen LogP contribution is 2.46. The average Bonchev–Trinajstić information content (AvgIpc) is 2.85. The molecular weight excluding hydrogens is 228 g/mol. The van der Waals surface area contributed by atoms with Gasteiger partial charge in [0.1, 0.15) is 0 Å². The highest BCUT2D eigenvalue weighted by molar-refractivity contribution is 5.78. The molecule has 0 atom stereocenters. The summed E-state index contributed by atoms with van der Waals surface area (Å²) in [5, 5.41) is 0. The van der Waals surface area contributed by atoms with Crippen molar-refractivity contribution >= 4 is 5.57 Å². The predicted molar refractivity (Wildman–Crippen MR) is 83.0 cm³/mol. The van der Waals surface area contributed by atoms with Crippen LogP contribution in [0.3, 0.4) is 0 Å². The summed E-state index contributed by atoms with van der Waals surface area (Å²) in [5.41, 5.74) is 8.32. The van der Waals surface area contributed by atoms with Crippen LogP contribution in [-0.2, 0) is 0 Å². The Kier molecular flexibility index (Phi) is 3.87. The van der Waals surface area contributed by atoms with Crippen LogP contribution < -0.4 is 0 Å². The molecular formula is C19H24. The van der Waals surface area contributed by atoms with Crippen molar-refractivity contribution in [2.45, 2.75) is 58.3 Å². The molecule has 0 radical (unpaired) electrons. The second-order valence-corrected chi connectivity index (χ2v) is 5.89. The molecule has 19 heavy (non-hydrogen) atoms. The summed E-state index contributed by atoms with van der Waals surface area (Å²) in [6, 6.07) is 11.1. The average molecular weight is 252 g/mol. The second kappa shape index (κ2) is 5.77. The van der Waals surface area contributed by atoms with Gasteiger partial charge in [-0.3, -0.25) is 0 Å². The maximum absolute atomic E-state index is 2.30. The van der Waals surface area contributed by atoms with Gasteiger partial charge in [0.25, 0.3) is 0 Å². The van der Waals surface area contributed by atoms with E-state index in [4.69, 9.17) is 0 Å². The molecule has 0 nitrogen and oxygen atoms in total. The van der Waals surface area contributed by atoms with Gasteiger partial charge < -0.3 is 0 Å². The lowest BCUT2D eigenvalue weighted by molar-refractivity contribution is 0.669. The normalized spacial score (nSPS) is 19.0. The molecule has 0 heterocycles. The lowest BCUT2D eigenvalue weighted by Gasteiger charge is -2.16. The van der Waals surface area contributed by atoms with Crippen molar-refractivity contribution in [2.75, 3.05) is 0 Å². The van der Waals surface area contributed by atoms with Gasteiger partial charge in [0.15, 0.2) is 0 Å². The first kappa shape index (κ1) is 12.7. The third-order valence-electron chi connectivity index (χ3n) is 4.60. The zero-order valence-electron chi connectivity index (χ0n) is 12.0. The van der Waals surface area contributed by atoms with Gasteiger partial charge in [-0.25, -0.2) is 0 Å². The van der Waals surface area contributed by atoms with E-state index < -0.39 is 0 Å². The molecule has 0 aliphatic heterocycles. The van der Waals surface area contributed by atoms with Gasteiger partial charge in [-0.05, 0) is 67.2 Å². The van der Waals surface area contributed by atoms with Gasteiger partial charge in [-0.2, -0.15) is 0 Å². The van der Waals surface area contributed by atoms with Gasteiger partial charge in [-0.1, -0.05) is 49.2 Å². The number of hydrogen-bond acceptors (Lipinski definition) is 0. The highest BCUT2D eigenvalue weighted by Gasteiger charge is 2.26. The fourth-order valence-electron chi connectivity index (χ4n) is 3.60. The van der Waals surface area contributed by atoms with Gasteiger partial charge in [0, 0.05) is 0 Å². The fourth-order valence-corrected chi connectivity index (χ4v) is 3.60. The lowest BCUT2D eigenvalue weighted by atomic mass is 9.89. The Morgan fingerprint density at radius 1 is 0.947 bits per heavy atom. The Morgan fingerprint density at radius 3 is 2.53 bits per heavy atom. The Hall–Kier alpha value is -1.30. The molecule has 2 aliphatic rings. The van der Waals surface area contributed by atoms with Crippen molar-refractivity contribution in [1.82, 2.24) is 0 Å². The predicted octanol–water partition coefficient (Wildman–Crippen LogP) is 5.90. The van der Waals surface area contributed by atoms with Crippen molar-refractivity contribution in [2.24, 2.45) is 0 Å². The minimum absolute atomic E-state index is 1.23. The maximum Gasteiger partial charge on any atom is -0.00524 e. The summed E-state index contributed by atoms with van der Waals surface area (Å²) in [6.07, 6.45) is 10.7. The molecule has 0 spiro atoms. The largest absolute Gasteiger partial charge is 0.0654 e. The van der Waals surface area contributed by atoms with E-state index in [0.29, 0.717) is 0 Å². The van der Waals surface area contributed by atoms with Gasteiger partial charge >= 0.3 is 0 Å². The second-order valence-electron chi connectivity index (χ2n) is 5.89. The zero-order chi connectivity index (χ0) is 13.1. The molecule has 1 aromatic carbocycles. The molecule has 0 heteroatoms. The van der Waals surface area contributed by atoms with E-state index in [1.807, 2.05) is 0 Å². The molecule has 100 valence electrons. The van der Waals surface area contributed by atoms with E-state index in [2.05, 4.69) is 37.3 Å².